The molecule has 384 valence electrons. The fourth-order valence-corrected chi connectivity index (χ4v) is 10.6. The van der Waals surface area contributed by atoms with Crippen LogP contribution in [0.5, 0.6) is 0 Å². The van der Waals surface area contributed by atoms with Gasteiger partial charge in [-0.15, -0.1) is 0 Å². The predicted octanol–water partition coefficient (Wildman–Crippen LogP) is 5.79. The highest BCUT2D eigenvalue weighted by atomic mass is 16.6. The summed E-state index contributed by atoms with van der Waals surface area (Å²) < 4.78 is 30.1. The second kappa shape index (κ2) is 27.3. The van der Waals surface area contributed by atoms with Gasteiger partial charge < -0.3 is 49.0 Å². The van der Waals surface area contributed by atoms with Crippen LogP contribution >= 0.6 is 0 Å². The maximum atomic E-state index is 14.7. The number of ether oxygens (including phenoxy) is 5. The van der Waals surface area contributed by atoms with Crippen molar-refractivity contribution in [3.63, 3.8) is 0 Å². The Morgan fingerprint density at radius 2 is 1.59 bits per heavy atom. The van der Waals surface area contributed by atoms with E-state index >= 15 is 0 Å². The highest BCUT2D eigenvalue weighted by molar-refractivity contribution is 6.09. The highest BCUT2D eigenvalue weighted by Gasteiger charge is 2.55. The fourth-order valence-electron chi connectivity index (χ4n) is 10.6. The van der Waals surface area contributed by atoms with Gasteiger partial charge in [0.05, 0.1) is 56.3 Å². The van der Waals surface area contributed by atoms with Crippen molar-refractivity contribution in [2.45, 2.75) is 174 Å². The van der Waals surface area contributed by atoms with Crippen molar-refractivity contribution < 1.29 is 68.1 Å². The van der Waals surface area contributed by atoms with Crippen LogP contribution in [0.15, 0.2) is 47.6 Å². The molecule has 4 rings (SSSR count). The van der Waals surface area contributed by atoms with Crippen molar-refractivity contribution in [2.75, 3.05) is 40.6 Å². The molecule has 4 aliphatic rings. The van der Waals surface area contributed by atoms with Crippen LogP contribution in [0, 0.1) is 41.4 Å². The Labute approximate surface area is 404 Å². The first kappa shape index (κ1) is 57.2. The van der Waals surface area contributed by atoms with Gasteiger partial charge in [0.1, 0.15) is 23.7 Å². The lowest BCUT2D eigenvalue weighted by molar-refractivity contribution is -0.231. The fraction of sp³-hybridized carbons (Fsp3) is 0.755. The SMILES string of the molecule is COC1CC2CCC(C)C(=O)C(O)(O2)C(=O)N2CCCCC2C(=O)OC(C(C)CC2CCC(OCCO)C(OC)C2)CC(=O)C(C)/C=C(\C)C(O)C(CO)C(=O)C(C)CC(C)/C=C/C=C/C=C1C. The van der Waals surface area contributed by atoms with Crippen molar-refractivity contribution in [1.82, 2.24) is 4.90 Å². The summed E-state index contributed by atoms with van der Waals surface area (Å²) in [4.78, 5) is 72.4. The zero-order valence-corrected chi connectivity index (χ0v) is 42.2. The van der Waals surface area contributed by atoms with E-state index in [4.69, 9.17) is 23.7 Å². The van der Waals surface area contributed by atoms with Crippen LogP contribution in [0.1, 0.15) is 126 Å². The van der Waals surface area contributed by atoms with E-state index in [1.807, 2.05) is 51.2 Å². The zero-order chi connectivity index (χ0) is 50.3. The number of Topliss-reactive ketones (excluding diaryl/α,β-unsaturated/α-hetero) is 3. The molecule has 1 amide bonds. The molecule has 0 spiro atoms. The van der Waals surface area contributed by atoms with Gasteiger partial charge in [-0.25, -0.2) is 4.79 Å². The van der Waals surface area contributed by atoms with Crippen LogP contribution in [-0.4, -0.2) is 144 Å². The maximum absolute atomic E-state index is 14.7. The van der Waals surface area contributed by atoms with Crippen LogP contribution < -0.4 is 0 Å². The van der Waals surface area contributed by atoms with Gasteiger partial charge in [-0.1, -0.05) is 71.1 Å². The molecule has 3 aliphatic heterocycles. The minimum absolute atomic E-state index is 0.0149. The van der Waals surface area contributed by atoms with Crippen LogP contribution in [0.3, 0.4) is 0 Å². The number of methoxy groups -OCH3 is 2. The maximum Gasteiger partial charge on any atom is 0.329 e. The molecule has 1 aliphatic carbocycles. The molecule has 3 fully saturated rings. The molecule has 4 N–H and O–H groups in total. The lowest BCUT2D eigenvalue weighted by Crippen LogP contribution is -2.62. The number of aliphatic hydroxyl groups excluding tert-OH is 3. The lowest BCUT2D eigenvalue weighted by Gasteiger charge is -2.40. The van der Waals surface area contributed by atoms with Gasteiger partial charge in [-0.05, 0) is 107 Å². The molecular weight excluding hydrogens is 875 g/mol. The number of hydrogen-bond acceptors (Lipinski definition) is 14. The molecule has 0 aromatic carbocycles. The van der Waals surface area contributed by atoms with Gasteiger partial charge in [0.15, 0.2) is 0 Å². The van der Waals surface area contributed by atoms with E-state index in [0.29, 0.717) is 56.9 Å². The number of allylic oxidation sites excluding steroid dienone is 6. The van der Waals surface area contributed by atoms with E-state index in [0.717, 1.165) is 12.0 Å². The first-order valence-electron chi connectivity index (χ1n) is 25.1. The number of amides is 1. The second-order valence-electron chi connectivity index (χ2n) is 20.3. The average molecular weight is 958 g/mol. The monoisotopic (exact) mass is 958 g/mol. The number of piperidine rings is 1. The summed E-state index contributed by atoms with van der Waals surface area (Å²) in [7, 11) is 3.18. The number of cyclic esters (lactones) is 1. The lowest BCUT2D eigenvalue weighted by atomic mass is 9.78. The van der Waals surface area contributed by atoms with Crippen molar-refractivity contribution >= 4 is 29.2 Å². The summed E-state index contributed by atoms with van der Waals surface area (Å²) in [5.41, 5.74) is 1.19. The van der Waals surface area contributed by atoms with Gasteiger partial charge in [-0.3, -0.25) is 19.2 Å². The number of ketones is 3. The largest absolute Gasteiger partial charge is 0.460 e. The summed E-state index contributed by atoms with van der Waals surface area (Å²) >= 11 is 0. The Morgan fingerprint density at radius 1 is 0.853 bits per heavy atom. The smallest absolute Gasteiger partial charge is 0.329 e. The van der Waals surface area contributed by atoms with Gasteiger partial charge in [-0.2, -0.15) is 0 Å². The Morgan fingerprint density at radius 3 is 2.26 bits per heavy atom. The Kier molecular flexibility index (Phi) is 22.9. The van der Waals surface area contributed by atoms with Crippen molar-refractivity contribution in [2.24, 2.45) is 41.4 Å². The molecule has 0 radical (unpaired) electrons. The summed E-state index contributed by atoms with van der Waals surface area (Å²) in [6.07, 6.45) is 12.3. The molecular formula is C53H83NO14. The second-order valence-corrected chi connectivity index (χ2v) is 20.3. The third kappa shape index (κ3) is 15.3. The van der Waals surface area contributed by atoms with E-state index in [1.54, 1.807) is 48.0 Å². The molecule has 2 saturated heterocycles. The van der Waals surface area contributed by atoms with Crippen LogP contribution in [0.2, 0.25) is 0 Å². The van der Waals surface area contributed by atoms with Crippen LogP contribution in [0.4, 0.5) is 0 Å². The molecule has 15 heteroatoms. The number of carbonyl (C=O) groups is 5. The molecule has 15 atom stereocenters. The molecule has 3 heterocycles. The first-order valence-corrected chi connectivity index (χ1v) is 25.1. The molecule has 2 bridgehead atoms. The molecule has 15 unspecified atom stereocenters. The summed E-state index contributed by atoms with van der Waals surface area (Å²) in [6, 6.07) is -1.17. The first-order chi connectivity index (χ1) is 32.3. The Hall–Kier alpha value is -3.41. The summed E-state index contributed by atoms with van der Waals surface area (Å²) in [6.45, 7) is 12.1. The van der Waals surface area contributed by atoms with Gasteiger partial charge in [0.25, 0.3) is 5.91 Å². The number of hydrogen-bond donors (Lipinski definition) is 4. The van der Waals surface area contributed by atoms with Crippen molar-refractivity contribution in [3.05, 3.63) is 47.6 Å². The van der Waals surface area contributed by atoms with E-state index in [2.05, 4.69) is 0 Å². The standard InChI is InChI=1S/C53H83NO14/c1-32-15-11-10-12-16-33(2)45(64-8)29-40-20-18-34(3)50(60)53(63,68-40)52(62)54-22-14-13-17-42(54)51(61)67-46(36(5)27-39-19-21-44(66-24-23-55)47(28-39)65-9)30-43(57)35(4)26-38(7)49(59)41(31-56)48(58)37(6)25-32/h10-12,15-16,26,32,34-37,39-42,44-47,49,55-56,59,63H,13-14,17-25,27-31H2,1-9H3/b12-10+,15-11+,33-16?,38-26+. The molecule has 0 aromatic heterocycles. The summed E-state index contributed by atoms with van der Waals surface area (Å²) in [5, 5.41) is 43.4. The Balaban J connectivity index is 1.73. The number of fused-ring (bicyclic) bond motifs is 3. The minimum atomic E-state index is -2.86. The highest BCUT2D eigenvalue weighted by Crippen LogP contribution is 2.37. The topological polar surface area (TPSA) is 216 Å². The number of carbonyl (C=O) groups excluding carboxylic acids is 5. The van der Waals surface area contributed by atoms with Gasteiger partial charge in [0, 0.05) is 51.4 Å². The molecule has 15 nitrogen and oxygen atoms in total. The number of aliphatic hydroxyl groups is 4. The van der Waals surface area contributed by atoms with Gasteiger partial charge in [0.2, 0.25) is 5.78 Å². The molecule has 1 saturated carbocycles. The molecule has 68 heavy (non-hydrogen) atoms. The number of nitrogens with zero attached hydrogens (tertiary/aromatic N) is 1. The van der Waals surface area contributed by atoms with Crippen LogP contribution in [0.25, 0.3) is 0 Å². The van der Waals surface area contributed by atoms with E-state index in [9.17, 15) is 44.4 Å². The number of esters is 1. The number of rotatable bonds is 9. The van der Waals surface area contributed by atoms with E-state index in [1.165, 1.54) is 4.90 Å². The van der Waals surface area contributed by atoms with Crippen molar-refractivity contribution in [3.8, 4) is 0 Å². The quantitative estimate of drug-likeness (QED) is 0.122. The predicted molar refractivity (Wildman–Crippen MR) is 256 cm³/mol. The zero-order valence-electron chi connectivity index (χ0n) is 42.2. The van der Waals surface area contributed by atoms with Crippen molar-refractivity contribution in [1.29, 1.82) is 0 Å². The normalized spacial score (nSPS) is 38.4. The Bertz CT molecular complexity index is 1810. The third-order valence-electron chi connectivity index (χ3n) is 14.9. The third-order valence-corrected chi connectivity index (χ3v) is 14.9. The minimum Gasteiger partial charge on any atom is -0.460 e. The molecule has 0 aromatic rings. The summed E-state index contributed by atoms with van der Waals surface area (Å²) in [5.74, 6) is -9.32. The van der Waals surface area contributed by atoms with Gasteiger partial charge >= 0.3 is 11.8 Å². The van der Waals surface area contributed by atoms with Crippen LogP contribution in [-0.2, 0) is 47.7 Å². The van der Waals surface area contributed by atoms with E-state index < -0.39 is 84.2 Å². The van der Waals surface area contributed by atoms with E-state index in [-0.39, 0.29) is 80.5 Å². The average Bonchev–Trinajstić information content (AvgIpc) is 3.43.